The molecule has 0 aromatic heterocycles. The summed E-state index contributed by atoms with van der Waals surface area (Å²) in [6.07, 6.45) is 12.3. The molecule has 0 spiro atoms. The summed E-state index contributed by atoms with van der Waals surface area (Å²) >= 11 is 0. The maximum Gasteiger partial charge on any atom is 0.335 e. The van der Waals surface area contributed by atoms with E-state index in [2.05, 4.69) is 0 Å². The highest BCUT2D eigenvalue weighted by Gasteiger charge is 2.48. The van der Waals surface area contributed by atoms with E-state index in [0.717, 1.165) is 0 Å². The Hall–Kier alpha value is -5.11. The monoisotopic (exact) mass is 1180 g/mol. The molecule has 0 aliphatic carbocycles. The molecule has 3 heterocycles. The lowest BCUT2D eigenvalue weighted by Crippen LogP contribution is -2.33. The van der Waals surface area contributed by atoms with Crippen LogP contribution in [0, 0.1) is 0 Å². The van der Waals surface area contributed by atoms with Crippen LogP contribution < -0.4 is 4.90 Å². The van der Waals surface area contributed by atoms with Crippen molar-refractivity contribution in [1.82, 2.24) is 5.06 Å². The van der Waals surface area contributed by atoms with Gasteiger partial charge in [0.05, 0.1) is 111 Å². The summed E-state index contributed by atoms with van der Waals surface area (Å²) in [6, 6.07) is 8.12. The number of anilines is 1. The van der Waals surface area contributed by atoms with Crippen molar-refractivity contribution in [3.8, 4) is 0 Å². The van der Waals surface area contributed by atoms with Gasteiger partial charge in [0.25, 0.3) is 11.8 Å². The van der Waals surface area contributed by atoms with E-state index in [1.165, 1.54) is 37.4 Å². The highest BCUT2D eigenvalue weighted by Crippen LogP contribution is 2.51. The maximum atomic E-state index is 12.4. The van der Waals surface area contributed by atoms with Gasteiger partial charge in [-0.05, 0) is 75.1 Å². The lowest BCUT2D eigenvalue weighted by atomic mass is 9.76. The number of methoxy groups -OCH3 is 2. The maximum absolute atomic E-state index is 12.4. The predicted octanol–water partition coefficient (Wildman–Crippen LogP) is 3.29. The Labute approximate surface area is 468 Å². The van der Waals surface area contributed by atoms with Gasteiger partial charge in [-0.15, -0.1) is 5.06 Å². The van der Waals surface area contributed by atoms with E-state index in [1.54, 1.807) is 56.6 Å². The number of benzene rings is 2. The molecule has 5 rings (SSSR count). The molecule has 3 aliphatic heterocycles. The number of carbonyl (C=O) groups is 3. The summed E-state index contributed by atoms with van der Waals surface area (Å²) in [5, 5.41) is 0.457. The smallest absolute Gasteiger partial charge is 0.335 e. The van der Waals surface area contributed by atoms with E-state index >= 15 is 0 Å². The molecule has 2 aromatic rings. The van der Waals surface area contributed by atoms with Crippen molar-refractivity contribution in [2.45, 2.75) is 73.0 Å². The zero-order valence-electron chi connectivity index (χ0n) is 45.4. The van der Waals surface area contributed by atoms with E-state index in [9.17, 15) is 53.3 Å². The van der Waals surface area contributed by atoms with Gasteiger partial charge >= 0.3 is 5.97 Å². The molecule has 0 N–H and O–H groups in total. The van der Waals surface area contributed by atoms with Crippen LogP contribution in [0.25, 0.3) is 0 Å². The van der Waals surface area contributed by atoms with Gasteiger partial charge in [0.15, 0.2) is 12.3 Å². The largest absolute Gasteiger partial charge is 0.748 e. The van der Waals surface area contributed by atoms with Crippen LogP contribution in [0.4, 0.5) is 11.4 Å². The molecule has 80 heavy (non-hydrogen) atoms. The third-order valence-corrected chi connectivity index (χ3v) is 15.8. The first-order valence-corrected chi connectivity index (χ1v) is 30.2. The van der Waals surface area contributed by atoms with Crippen molar-refractivity contribution < 1.29 is 101 Å². The van der Waals surface area contributed by atoms with Gasteiger partial charge in [-0.3, -0.25) is 9.59 Å². The summed E-state index contributed by atoms with van der Waals surface area (Å²) in [4.78, 5) is 42.1. The molecule has 2 unspecified atom stereocenters. The number of ether oxygens (including phenoxy) is 8. The number of hydrogen-bond acceptors (Lipinski definition) is 22. The number of hydroxylamine groups is 2. The van der Waals surface area contributed by atoms with Gasteiger partial charge in [-0.25, -0.2) is 30.0 Å². The highest BCUT2D eigenvalue weighted by molar-refractivity contribution is 7.86. The van der Waals surface area contributed by atoms with E-state index in [0.29, 0.717) is 98.2 Å². The van der Waals surface area contributed by atoms with Crippen LogP contribution in [0.2, 0.25) is 0 Å². The van der Waals surface area contributed by atoms with Crippen LogP contribution in [-0.2, 0) is 98.3 Å². The number of imide groups is 1. The number of fused-ring (bicyclic) bond motifs is 2. The number of rotatable bonds is 38. The number of amides is 2. The fourth-order valence-corrected chi connectivity index (χ4v) is 10.8. The third-order valence-electron chi connectivity index (χ3n) is 13.3. The molecule has 0 bridgehead atoms. The van der Waals surface area contributed by atoms with Gasteiger partial charge in [0, 0.05) is 80.5 Å². The van der Waals surface area contributed by atoms with Gasteiger partial charge in [-0.2, -0.15) is 4.58 Å². The average molecular weight is 1180 g/mol. The minimum absolute atomic E-state index is 0.0485. The zero-order chi connectivity index (χ0) is 58.4. The Morgan fingerprint density at radius 1 is 0.625 bits per heavy atom. The first-order chi connectivity index (χ1) is 38.0. The Kier molecular flexibility index (Phi) is 25.8. The van der Waals surface area contributed by atoms with E-state index in [-0.39, 0.29) is 84.8 Å². The molecule has 1 fully saturated rings. The average Bonchev–Trinajstić information content (AvgIpc) is 4.16. The minimum atomic E-state index is -4.90. The predicted molar refractivity (Wildman–Crippen MR) is 285 cm³/mol. The topological polar surface area (TPSA) is 315 Å². The molecule has 3 aliphatic rings. The first kappa shape index (κ1) is 65.7. The molecule has 27 heteroatoms. The number of carbonyl (C=O) groups excluding carboxylic acids is 3. The molecule has 0 radical (unpaired) electrons. The second kappa shape index (κ2) is 31.4. The fourth-order valence-electron chi connectivity index (χ4n) is 9.28. The van der Waals surface area contributed by atoms with Crippen molar-refractivity contribution in [1.29, 1.82) is 0 Å². The zero-order valence-corrected chi connectivity index (χ0v) is 47.9. The molecular formula is C53H71N3O21S3-2. The van der Waals surface area contributed by atoms with Crippen LogP contribution >= 0.6 is 0 Å². The molecule has 0 saturated carbocycles. The third kappa shape index (κ3) is 19.3. The van der Waals surface area contributed by atoms with Crippen molar-refractivity contribution >= 4 is 65.2 Å². The highest BCUT2D eigenvalue weighted by atomic mass is 32.2. The summed E-state index contributed by atoms with van der Waals surface area (Å²) < 4.78 is 155. The molecular weight excluding hydrogens is 1110 g/mol. The molecule has 2 aromatic carbocycles. The normalized spacial score (nSPS) is 19.3. The van der Waals surface area contributed by atoms with Crippen LogP contribution in [0.1, 0.15) is 63.5 Å². The second-order valence-corrected chi connectivity index (χ2v) is 23.2. The molecule has 24 nitrogen and oxygen atoms in total. The van der Waals surface area contributed by atoms with Crippen molar-refractivity contribution in [3.63, 3.8) is 0 Å². The quantitative estimate of drug-likeness (QED) is 0.0306. The first-order valence-electron chi connectivity index (χ1n) is 25.8. The van der Waals surface area contributed by atoms with Crippen LogP contribution in [0.15, 0.2) is 94.4 Å². The van der Waals surface area contributed by atoms with Crippen LogP contribution in [0.3, 0.4) is 0 Å². The summed E-state index contributed by atoms with van der Waals surface area (Å²) in [5.74, 6) is -2.72. The van der Waals surface area contributed by atoms with E-state index in [1.807, 2.05) is 22.5 Å². The Bertz CT molecular complexity index is 2930. The summed E-state index contributed by atoms with van der Waals surface area (Å²) in [7, 11) is -11.2. The van der Waals surface area contributed by atoms with E-state index < -0.39 is 74.5 Å². The van der Waals surface area contributed by atoms with Crippen molar-refractivity contribution in [3.05, 3.63) is 95.8 Å². The minimum Gasteiger partial charge on any atom is -0.748 e. The van der Waals surface area contributed by atoms with Crippen LogP contribution in [-0.4, -0.2) is 198 Å². The molecule has 1 saturated heterocycles. The number of nitrogens with zero attached hydrogens (tertiary/aromatic N) is 3. The fraction of sp³-hybridized carbons (Fsp3) is 0.547. The SMILES string of the molecule is COCCOCCOCCOCCOCCOCC[N+]1=C(/C=C/C=C/C=C/C=C2/N(CCOCCC(=O)ON3C(=O)CCC3=O)c3ccc(S(=O)(=O)[O-])cc3C2(C)CCOC)C(C)(CCCS(=O)(=O)[O-])c2cc(S(=O)(=O)[O-])ccc21. The van der Waals surface area contributed by atoms with Crippen molar-refractivity contribution in [2.75, 3.05) is 130 Å². The van der Waals surface area contributed by atoms with Gasteiger partial charge < -0.3 is 61.3 Å². The molecule has 444 valence electrons. The second-order valence-electron chi connectivity index (χ2n) is 18.9. The summed E-state index contributed by atoms with van der Waals surface area (Å²) in [5.41, 5.74) is 1.48. The van der Waals surface area contributed by atoms with Crippen LogP contribution in [0.5, 0.6) is 0 Å². The summed E-state index contributed by atoms with van der Waals surface area (Å²) in [6.45, 7) is 8.36. The van der Waals surface area contributed by atoms with Crippen molar-refractivity contribution in [2.24, 2.45) is 0 Å². The Morgan fingerprint density at radius 3 is 1.73 bits per heavy atom. The lowest BCUT2D eigenvalue weighted by Gasteiger charge is -2.30. The Balaban J connectivity index is 1.32. The van der Waals surface area contributed by atoms with E-state index in [4.69, 9.17) is 42.7 Å². The molecule has 2 amide bonds. The standard InChI is InChI=1S/C53H73N3O21S3/c1-52(20-10-38-78(60,61)62)43-39-41(79(63,64)65)13-15-45(43)54(23-27-72-30-31-74-34-35-76-37-36-75-33-32-73-29-28-70-4)47(52)11-8-6-5-7-9-12-48-53(2,21-25-69-3)44-40-42(80(66,67)68)14-16-46(44)55(48)22-26-71-24-19-51(59)77-56-49(57)17-18-50(56)58/h5-9,11-16,39-40H,10,17-38H2,1-4H3,(H2-,60,61,62,63,64,65,66,67,68)/p-2. The molecule has 2 atom stereocenters. The van der Waals surface area contributed by atoms with Gasteiger partial charge in [0.2, 0.25) is 5.69 Å². The lowest BCUT2D eigenvalue weighted by molar-refractivity contribution is -0.442. The Morgan fingerprint density at radius 2 is 1.15 bits per heavy atom. The number of allylic oxidation sites excluding steroid dienone is 8. The van der Waals surface area contributed by atoms with Gasteiger partial charge in [-0.1, -0.05) is 30.4 Å². The number of hydrogen-bond donors (Lipinski definition) is 0. The van der Waals surface area contributed by atoms with Gasteiger partial charge in [0.1, 0.15) is 26.8 Å².